The van der Waals surface area contributed by atoms with Crippen molar-refractivity contribution in [3.05, 3.63) is 29.3 Å². The lowest BCUT2D eigenvalue weighted by Gasteiger charge is -2.46. The van der Waals surface area contributed by atoms with Crippen LogP contribution in [0.5, 0.6) is 0 Å². The van der Waals surface area contributed by atoms with Crippen LogP contribution >= 0.6 is 0 Å². The molecule has 202 valence electrons. The number of piperazine rings is 1. The minimum Gasteiger partial charge on any atom is -0.378 e. The van der Waals surface area contributed by atoms with Crippen LogP contribution in [-0.2, 0) is 11.3 Å². The first-order valence-corrected chi connectivity index (χ1v) is 14.4. The van der Waals surface area contributed by atoms with E-state index < -0.39 is 0 Å². The number of carbonyl (C=O) groups is 1. The van der Waals surface area contributed by atoms with Gasteiger partial charge in [-0.1, -0.05) is 53.2 Å². The highest BCUT2D eigenvalue weighted by atomic mass is 16.5. The van der Waals surface area contributed by atoms with Gasteiger partial charge in [-0.25, -0.2) is 4.79 Å². The molecule has 2 heterocycles. The Morgan fingerprint density at radius 3 is 2.31 bits per heavy atom. The second kappa shape index (κ2) is 11.7. The number of nitrogens with one attached hydrogen (secondary N) is 1. The lowest BCUT2D eigenvalue weighted by atomic mass is 9.60. The molecule has 3 fully saturated rings. The third-order valence-electron chi connectivity index (χ3n) is 8.37. The maximum absolute atomic E-state index is 12.7. The number of urea groups is 1. The van der Waals surface area contributed by atoms with Gasteiger partial charge in [0.2, 0.25) is 0 Å². The number of rotatable bonds is 7. The van der Waals surface area contributed by atoms with E-state index in [1.165, 1.54) is 55.5 Å². The fourth-order valence-electron chi connectivity index (χ4n) is 7.04. The van der Waals surface area contributed by atoms with Gasteiger partial charge in [0.1, 0.15) is 0 Å². The number of benzene rings is 1. The molecule has 6 nitrogen and oxygen atoms in total. The van der Waals surface area contributed by atoms with Crippen LogP contribution in [0.15, 0.2) is 18.2 Å². The molecule has 0 aromatic heterocycles. The topological polar surface area (TPSA) is 48.0 Å². The molecule has 1 aromatic rings. The SMILES string of the molecule is CCCCN1CCN(c2ccc(CNC(=O)N3CCOCC3)cc2C2CC(C)(C)CC(C)(C)C2)CC1. The molecule has 1 saturated carbocycles. The van der Waals surface area contributed by atoms with Gasteiger partial charge in [-0.3, -0.25) is 4.90 Å². The van der Waals surface area contributed by atoms with Gasteiger partial charge in [0.05, 0.1) is 13.2 Å². The smallest absolute Gasteiger partial charge is 0.317 e. The van der Waals surface area contributed by atoms with E-state index in [2.05, 4.69) is 67.9 Å². The minimum absolute atomic E-state index is 0.0204. The van der Waals surface area contributed by atoms with Gasteiger partial charge in [-0.15, -0.1) is 0 Å². The zero-order valence-corrected chi connectivity index (χ0v) is 23.6. The molecular weight excluding hydrogens is 448 g/mol. The predicted octanol–water partition coefficient (Wildman–Crippen LogP) is 5.47. The first-order chi connectivity index (χ1) is 17.2. The van der Waals surface area contributed by atoms with Crippen LogP contribution in [-0.4, -0.2) is 74.9 Å². The highest BCUT2D eigenvalue weighted by Crippen LogP contribution is 2.53. The summed E-state index contributed by atoms with van der Waals surface area (Å²) in [5.41, 5.74) is 4.80. The summed E-state index contributed by atoms with van der Waals surface area (Å²) >= 11 is 0. The van der Waals surface area contributed by atoms with Crippen LogP contribution in [0.4, 0.5) is 10.5 Å². The van der Waals surface area contributed by atoms with Gasteiger partial charge in [-0.2, -0.15) is 0 Å². The molecule has 0 unspecified atom stereocenters. The Morgan fingerprint density at radius 2 is 1.67 bits per heavy atom. The molecule has 2 saturated heterocycles. The first-order valence-electron chi connectivity index (χ1n) is 14.4. The molecule has 1 aliphatic carbocycles. The van der Waals surface area contributed by atoms with Gasteiger partial charge >= 0.3 is 6.03 Å². The monoisotopic (exact) mass is 498 g/mol. The lowest BCUT2D eigenvalue weighted by Crippen LogP contribution is -2.47. The third kappa shape index (κ3) is 7.16. The number of hydrogen-bond donors (Lipinski definition) is 1. The Morgan fingerprint density at radius 1 is 1.00 bits per heavy atom. The van der Waals surface area contributed by atoms with Gasteiger partial charge < -0.3 is 19.9 Å². The van der Waals surface area contributed by atoms with Gasteiger partial charge in [-0.05, 0) is 66.2 Å². The summed E-state index contributed by atoms with van der Waals surface area (Å²) in [6.07, 6.45) is 6.29. The van der Waals surface area contributed by atoms with Crippen LogP contribution in [0.2, 0.25) is 0 Å². The Bertz CT molecular complexity index is 854. The van der Waals surface area contributed by atoms with E-state index in [1.54, 1.807) is 0 Å². The Balaban J connectivity index is 1.53. The van der Waals surface area contributed by atoms with E-state index in [4.69, 9.17) is 4.74 Å². The van der Waals surface area contributed by atoms with Crippen LogP contribution in [0, 0.1) is 10.8 Å². The van der Waals surface area contributed by atoms with Crippen molar-refractivity contribution in [2.45, 2.75) is 79.2 Å². The van der Waals surface area contributed by atoms with Crippen LogP contribution in [0.3, 0.4) is 0 Å². The Labute approximate surface area is 219 Å². The summed E-state index contributed by atoms with van der Waals surface area (Å²) in [5, 5.41) is 3.17. The van der Waals surface area contributed by atoms with Crippen LogP contribution in [0.25, 0.3) is 0 Å². The summed E-state index contributed by atoms with van der Waals surface area (Å²) in [6.45, 7) is 21.0. The molecular formula is C30H50N4O2. The van der Waals surface area contributed by atoms with E-state index >= 15 is 0 Å². The largest absolute Gasteiger partial charge is 0.378 e. The molecule has 0 bridgehead atoms. The summed E-state index contributed by atoms with van der Waals surface area (Å²) in [6, 6.07) is 7.02. The van der Waals surface area contributed by atoms with Gasteiger partial charge in [0.25, 0.3) is 0 Å². The normalized spacial score (nSPS) is 23.0. The zero-order valence-electron chi connectivity index (χ0n) is 23.6. The number of unbranched alkanes of at least 4 members (excludes halogenated alkanes) is 1. The minimum atomic E-state index is 0.0204. The highest BCUT2D eigenvalue weighted by Gasteiger charge is 2.40. The van der Waals surface area contributed by atoms with Crippen molar-refractivity contribution < 1.29 is 9.53 Å². The van der Waals surface area contributed by atoms with Crippen molar-refractivity contribution in [3.63, 3.8) is 0 Å². The van der Waals surface area contributed by atoms with E-state index in [1.807, 2.05) is 4.90 Å². The molecule has 1 aromatic carbocycles. The number of anilines is 1. The molecule has 36 heavy (non-hydrogen) atoms. The molecule has 2 amide bonds. The number of carbonyl (C=O) groups excluding carboxylic acids is 1. The predicted molar refractivity (Wildman–Crippen MR) is 149 cm³/mol. The van der Waals surface area contributed by atoms with E-state index in [-0.39, 0.29) is 6.03 Å². The van der Waals surface area contributed by atoms with Crippen molar-refractivity contribution in [1.29, 1.82) is 0 Å². The summed E-state index contributed by atoms with van der Waals surface area (Å²) in [7, 11) is 0. The van der Waals surface area contributed by atoms with Gasteiger partial charge in [0.15, 0.2) is 0 Å². The number of nitrogens with zero attached hydrogens (tertiary/aromatic N) is 3. The molecule has 4 rings (SSSR count). The Kier molecular flexibility index (Phi) is 8.87. The molecule has 0 radical (unpaired) electrons. The van der Waals surface area contributed by atoms with Crippen molar-refractivity contribution in [2.24, 2.45) is 10.8 Å². The van der Waals surface area contributed by atoms with Gasteiger partial charge in [0, 0.05) is 51.5 Å². The van der Waals surface area contributed by atoms with E-state index in [0.717, 1.165) is 26.2 Å². The molecule has 2 aliphatic heterocycles. The standard InChI is InChI=1S/C30H50N4O2/c1-6-7-10-32-11-13-33(14-12-32)27-9-8-24(22-31-28(35)34-15-17-36-18-16-34)19-26(27)25-20-29(2,3)23-30(4,5)21-25/h8-9,19,25H,6-7,10-18,20-23H2,1-5H3,(H,31,35). The third-order valence-corrected chi connectivity index (χ3v) is 8.37. The quantitative estimate of drug-likeness (QED) is 0.542. The zero-order chi connectivity index (χ0) is 25.8. The molecule has 0 atom stereocenters. The van der Waals surface area contributed by atoms with E-state index in [9.17, 15) is 4.79 Å². The summed E-state index contributed by atoms with van der Waals surface area (Å²) in [5.74, 6) is 0.548. The number of ether oxygens (including phenoxy) is 1. The molecule has 3 aliphatic rings. The number of amides is 2. The van der Waals surface area contributed by atoms with Crippen molar-refractivity contribution in [2.75, 3.05) is 63.9 Å². The number of hydrogen-bond acceptors (Lipinski definition) is 4. The summed E-state index contributed by atoms with van der Waals surface area (Å²) < 4.78 is 5.40. The van der Waals surface area contributed by atoms with Crippen LogP contribution < -0.4 is 10.2 Å². The second-order valence-corrected chi connectivity index (χ2v) is 12.9. The van der Waals surface area contributed by atoms with E-state index in [0.29, 0.717) is 49.6 Å². The number of morpholine rings is 1. The molecule has 1 N–H and O–H groups in total. The van der Waals surface area contributed by atoms with Crippen molar-refractivity contribution >= 4 is 11.7 Å². The first kappa shape index (κ1) is 27.3. The van der Waals surface area contributed by atoms with Crippen LogP contribution in [0.1, 0.15) is 83.8 Å². The summed E-state index contributed by atoms with van der Waals surface area (Å²) in [4.78, 5) is 19.8. The second-order valence-electron chi connectivity index (χ2n) is 12.9. The van der Waals surface area contributed by atoms with Crippen molar-refractivity contribution in [1.82, 2.24) is 15.1 Å². The van der Waals surface area contributed by atoms with Crippen molar-refractivity contribution in [3.8, 4) is 0 Å². The highest BCUT2D eigenvalue weighted by molar-refractivity contribution is 5.74. The maximum Gasteiger partial charge on any atom is 0.317 e. The average molecular weight is 499 g/mol. The molecule has 0 spiro atoms. The fraction of sp³-hybridized carbons (Fsp3) is 0.767. The lowest BCUT2D eigenvalue weighted by molar-refractivity contribution is 0.0531. The maximum atomic E-state index is 12.7. The fourth-order valence-corrected chi connectivity index (χ4v) is 7.04. The Hall–Kier alpha value is -1.79. The average Bonchev–Trinajstić information content (AvgIpc) is 2.85. The molecule has 6 heteroatoms.